The molecule has 0 saturated carbocycles. The monoisotopic (exact) mass is 529 g/mol. The maximum atomic E-state index is 13.9. The minimum atomic E-state index is -1.10. The summed E-state index contributed by atoms with van der Waals surface area (Å²) in [7, 11) is 0. The molecule has 210 valence electrons. The van der Waals surface area contributed by atoms with E-state index in [1.807, 2.05) is 20.8 Å². The summed E-state index contributed by atoms with van der Waals surface area (Å²) in [4.78, 5) is 42.9. The van der Waals surface area contributed by atoms with E-state index in [1.54, 1.807) is 31.2 Å². The van der Waals surface area contributed by atoms with E-state index in [9.17, 15) is 19.5 Å². The Kier molecular flexibility index (Phi) is 7.58. The molecule has 3 aliphatic heterocycles. The Labute approximate surface area is 225 Å². The van der Waals surface area contributed by atoms with Gasteiger partial charge in [-0.1, -0.05) is 20.8 Å². The number of hydrogen-bond acceptors (Lipinski definition) is 6. The molecule has 9 nitrogen and oxygen atoms in total. The zero-order valence-electron chi connectivity index (χ0n) is 23.7. The zero-order valence-corrected chi connectivity index (χ0v) is 23.7. The summed E-state index contributed by atoms with van der Waals surface area (Å²) in [5, 5.41) is 16.1. The molecular weight excluding hydrogens is 486 g/mol. The Morgan fingerprint density at radius 2 is 1.84 bits per heavy atom. The van der Waals surface area contributed by atoms with Crippen molar-refractivity contribution < 1.29 is 29.0 Å². The van der Waals surface area contributed by atoms with Crippen molar-refractivity contribution in [2.24, 2.45) is 17.3 Å². The summed E-state index contributed by atoms with van der Waals surface area (Å²) >= 11 is 0. The predicted octanol–water partition coefficient (Wildman–Crippen LogP) is 3.11. The molecule has 3 amide bonds. The molecule has 0 aromatic heterocycles. The van der Waals surface area contributed by atoms with Crippen LogP contribution in [0.3, 0.4) is 0 Å². The Hall–Kier alpha value is -2.65. The number of aliphatic hydroxyl groups is 1. The van der Waals surface area contributed by atoms with Crippen LogP contribution >= 0.6 is 0 Å². The van der Waals surface area contributed by atoms with Crippen LogP contribution < -0.4 is 15.4 Å². The highest BCUT2D eigenvalue weighted by Crippen LogP contribution is 2.59. The van der Waals surface area contributed by atoms with Crippen LogP contribution in [-0.4, -0.2) is 70.3 Å². The molecule has 1 aromatic carbocycles. The van der Waals surface area contributed by atoms with Crippen LogP contribution in [0.4, 0.5) is 5.69 Å². The third-order valence-corrected chi connectivity index (χ3v) is 7.89. The van der Waals surface area contributed by atoms with E-state index >= 15 is 0 Å². The van der Waals surface area contributed by atoms with E-state index in [0.29, 0.717) is 30.9 Å². The fourth-order valence-corrected chi connectivity index (χ4v) is 7.05. The first-order chi connectivity index (χ1) is 17.7. The molecule has 3 aliphatic rings. The number of fused-ring (bicyclic) bond motifs is 1. The summed E-state index contributed by atoms with van der Waals surface area (Å²) in [6.07, 6.45) is 1.38. The van der Waals surface area contributed by atoms with Crippen LogP contribution in [0.15, 0.2) is 24.3 Å². The average Bonchev–Trinajstić information content (AvgIpc) is 3.45. The van der Waals surface area contributed by atoms with Crippen molar-refractivity contribution in [3.63, 3.8) is 0 Å². The molecule has 6 atom stereocenters. The number of ether oxygens (including phenoxy) is 2. The zero-order chi connectivity index (χ0) is 28.0. The number of benzene rings is 1. The maximum absolute atomic E-state index is 13.9. The first-order valence-electron chi connectivity index (χ1n) is 13.7. The third kappa shape index (κ3) is 5.15. The van der Waals surface area contributed by atoms with Gasteiger partial charge in [0.2, 0.25) is 17.7 Å². The quantitative estimate of drug-likeness (QED) is 0.453. The van der Waals surface area contributed by atoms with Crippen LogP contribution in [0.5, 0.6) is 5.75 Å². The number of nitrogens with zero attached hydrogens (tertiary/aromatic N) is 1. The standard InChI is InChI=1S/C29H43N3O6/c1-8-37-19-11-9-18(10-12-19)30-24(34)21-20-13-14-29(38-20)22(21)26(36)32(17(2)15-33)23(29)25(35)31-28(6,7)16-27(3,4)5/h9-12,17,20-23,33H,8,13-16H2,1-7H3,(H,30,34)(H,31,35)/t17-,20+,21-,22+,23?,29?/m1/s1. The summed E-state index contributed by atoms with van der Waals surface area (Å²) in [6, 6.07) is 5.57. The number of nitrogens with one attached hydrogen (secondary N) is 2. The lowest BCUT2D eigenvalue weighted by atomic mass is 9.70. The molecule has 4 rings (SSSR count). The first kappa shape index (κ1) is 28.4. The molecule has 0 radical (unpaired) electrons. The van der Waals surface area contributed by atoms with Gasteiger partial charge in [0.1, 0.15) is 17.4 Å². The number of amides is 3. The molecule has 2 bridgehead atoms. The van der Waals surface area contributed by atoms with Crippen molar-refractivity contribution >= 4 is 23.4 Å². The van der Waals surface area contributed by atoms with Crippen molar-refractivity contribution in [3.05, 3.63) is 24.3 Å². The second-order valence-corrected chi connectivity index (χ2v) is 12.9. The third-order valence-electron chi connectivity index (χ3n) is 7.89. The first-order valence-corrected chi connectivity index (χ1v) is 13.7. The molecule has 3 fully saturated rings. The van der Waals surface area contributed by atoms with E-state index in [4.69, 9.17) is 9.47 Å². The van der Waals surface area contributed by atoms with Crippen molar-refractivity contribution in [1.82, 2.24) is 10.2 Å². The van der Waals surface area contributed by atoms with E-state index in [1.165, 1.54) is 4.90 Å². The second kappa shape index (κ2) is 10.2. The molecule has 2 unspecified atom stereocenters. The van der Waals surface area contributed by atoms with Crippen LogP contribution in [-0.2, 0) is 19.1 Å². The van der Waals surface area contributed by atoms with Gasteiger partial charge < -0.3 is 30.1 Å². The molecule has 1 aromatic rings. The second-order valence-electron chi connectivity index (χ2n) is 12.9. The number of likely N-dealkylation sites (tertiary alicyclic amines) is 1. The highest BCUT2D eigenvalue weighted by molar-refractivity contribution is 6.02. The van der Waals surface area contributed by atoms with E-state index in [-0.39, 0.29) is 29.7 Å². The van der Waals surface area contributed by atoms with Crippen LogP contribution in [0.25, 0.3) is 0 Å². The van der Waals surface area contributed by atoms with Gasteiger partial charge in [-0.05, 0) is 76.6 Å². The van der Waals surface area contributed by atoms with Gasteiger partial charge >= 0.3 is 0 Å². The number of anilines is 1. The Balaban J connectivity index is 1.62. The highest BCUT2D eigenvalue weighted by atomic mass is 16.5. The van der Waals surface area contributed by atoms with Crippen LogP contribution in [0, 0.1) is 17.3 Å². The lowest BCUT2D eigenvalue weighted by Gasteiger charge is -2.39. The van der Waals surface area contributed by atoms with Gasteiger partial charge in [0.15, 0.2) is 0 Å². The van der Waals surface area contributed by atoms with Gasteiger partial charge in [0.05, 0.1) is 37.2 Å². The van der Waals surface area contributed by atoms with Gasteiger partial charge in [0.25, 0.3) is 0 Å². The van der Waals surface area contributed by atoms with Crippen LogP contribution in [0.1, 0.15) is 67.7 Å². The van der Waals surface area contributed by atoms with Gasteiger partial charge in [-0.25, -0.2) is 0 Å². The summed E-state index contributed by atoms with van der Waals surface area (Å²) < 4.78 is 11.9. The van der Waals surface area contributed by atoms with Crippen molar-refractivity contribution in [3.8, 4) is 5.75 Å². The largest absolute Gasteiger partial charge is 0.494 e. The number of hydrogen-bond donors (Lipinski definition) is 3. The maximum Gasteiger partial charge on any atom is 0.246 e. The number of carbonyl (C=O) groups excluding carboxylic acids is 3. The Morgan fingerprint density at radius 1 is 1.18 bits per heavy atom. The summed E-state index contributed by atoms with van der Waals surface area (Å²) in [6.45, 7) is 14.2. The topological polar surface area (TPSA) is 117 Å². The lowest BCUT2D eigenvalue weighted by molar-refractivity contribution is -0.145. The highest BCUT2D eigenvalue weighted by Gasteiger charge is 2.75. The SMILES string of the molecule is CCOc1ccc(NC(=O)[C@@H]2[C@@H]3CCC4(O3)C(C(=O)NC(C)(C)CC(C)(C)C)N([C@H](C)CO)C(=O)[C@H]24)cc1. The molecule has 9 heteroatoms. The molecular formula is C29H43N3O6. The van der Waals surface area contributed by atoms with Gasteiger partial charge in [-0.2, -0.15) is 0 Å². The van der Waals surface area contributed by atoms with Crippen LogP contribution in [0.2, 0.25) is 0 Å². The van der Waals surface area contributed by atoms with Gasteiger partial charge in [0, 0.05) is 11.2 Å². The number of aliphatic hydroxyl groups excluding tert-OH is 1. The molecule has 0 aliphatic carbocycles. The minimum Gasteiger partial charge on any atom is -0.494 e. The molecule has 1 spiro atoms. The Morgan fingerprint density at radius 3 is 2.42 bits per heavy atom. The smallest absolute Gasteiger partial charge is 0.246 e. The van der Waals surface area contributed by atoms with Crippen molar-refractivity contribution in [2.75, 3.05) is 18.5 Å². The van der Waals surface area contributed by atoms with Gasteiger partial charge in [-0.15, -0.1) is 0 Å². The average molecular weight is 530 g/mol. The Bertz CT molecular complexity index is 1070. The van der Waals surface area contributed by atoms with Gasteiger partial charge in [-0.3, -0.25) is 14.4 Å². The van der Waals surface area contributed by atoms with Crippen molar-refractivity contribution in [1.29, 1.82) is 0 Å². The normalized spacial score (nSPS) is 29.3. The minimum absolute atomic E-state index is 0.0203. The molecule has 3 heterocycles. The molecule has 38 heavy (non-hydrogen) atoms. The molecule has 3 saturated heterocycles. The van der Waals surface area contributed by atoms with Crippen molar-refractivity contribution in [2.45, 2.75) is 97.1 Å². The summed E-state index contributed by atoms with van der Waals surface area (Å²) in [5.74, 6) is -1.73. The fraction of sp³-hybridized carbons (Fsp3) is 0.690. The van der Waals surface area contributed by atoms with E-state index in [0.717, 1.165) is 6.42 Å². The number of rotatable bonds is 9. The number of carbonyl (C=O) groups is 3. The fourth-order valence-electron chi connectivity index (χ4n) is 7.05. The molecule has 3 N–H and O–H groups in total. The van der Waals surface area contributed by atoms with E-state index in [2.05, 4.69) is 31.4 Å². The predicted molar refractivity (Wildman–Crippen MR) is 144 cm³/mol. The lowest BCUT2D eigenvalue weighted by Crippen LogP contribution is -2.60. The summed E-state index contributed by atoms with van der Waals surface area (Å²) in [5.41, 5.74) is -1.05. The van der Waals surface area contributed by atoms with E-state index < -0.39 is 41.2 Å².